The zero-order valence-electron chi connectivity index (χ0n) is 12.1. The molecule has 0 amide bonds. The first-order valence-corrected chi connectivity index (χ1v) is 7.26. The minimum absolute atomic E-state index is 0.0329. The third kappa shape index (κ3) is 3.27. The standard InChI is InChI=1S/C13H17N5O2S/c1-7-8(2)16-17-13(11(7)12(14)18-19)20-5-4-10-9(3)15-6-21-10/h6,19H,4-5H2,1-3H3,(H2,14,18). The Morgan fingerprint density at radius 3 is 2.71 bits per heavy atom. The maximum Gasteiger partial charge on any atom is 0.244 e. The molecule has 8 heteroatoms. The van der Waals surface area contributed by atoms with Crippen molar-refractivity contribution in [2.24, 2.45) is 10.9 Å². The van der Waals surface area contributed by atoms with Crippen molar-refractivity contribution in [2.75, 3.05) is 6.61 Å². The van der Waals surface area contributed by atoms with E-state index in [1.807, 2.05) is 19.4 Å². The maximum atomic E-state index is 8.89. The van der Waals surface area contributed by atoms with Gasteiger partial charge in [-0.15, -0.1) is 16.4 Å². The van der Waals surface area contributed by atoms with Crippen molar-refractivity contribution < 1.29 is 9.94 Å². The van der Waals surface area contributed by atoms with Gasteiger partial charge in [0.25, 0.3) is 0 Å². The quantitative estimate of drug-likeness (QED) is 0.376. The number of rotatable bonds is 5. The van der Waals surface area contributed by atoms with E-state index in [0.29, 0.717) is 17.9 Å². The normalized spacial score (nSPS) is 11.7. The lowest BCUT2D eigenvalue weighted by atomic mass is 10.1. The predicted octanol–water partition coefficient (Wildman–Crippen LogP) is 1.57. The molecule has 0 fully saturated rings. The Morgan fingerprint density at radius 2 is 2.10 bits per heavy atom. The molecule has 0 bridgehead atoms. The van der Waals surface area contributed by atoms with Crippen LogP contribution in [0.1, 0.15) is 27.4 Å². The average molecular weight is 307 g/mol. The number of oxime groups is 1. The van der Waals surface area contributed by atoms with Crippen LogP contribution in [0.2, 0.25) is 0 Å². The van der Waals surface area contributed by atoms with Gasteiger partial charge >= 0.3 is 0 Å². The van der Waals surface area contributed by atoms with E-state index in [1.54, 1.807) is 18.3 Å². The molecule has 0 aliphatic heterocycles. The second-order valence-corrected chi connectivity index (χ2v) is 5.47. The van der Waals surface area contributed by atoms with Crippen LogP contribution in [0.25, 0.3) is 0 Å². The van der Waals surface area contributed by atoms with Crippen molar-refractivity contribution in [3.05, 3.63) is 32.9 Å². The number of nitrogens with zero attached hydrogens (tertiary/aromatic N) is 4. The zero-order chi connectivity index (χ0) is 15.4. The number of aromatic nitrogens is 3. The Hall–Kier alpha value is -2.22. The fourth-order valence-electron chi connectivity index (χ4n) is 1.85. The molecule has 0 aliphatic rings. The Morgan fingerprint density at radius 1 is 1.33 bits per heavy atom. The van der Waals surface area contributed by atoms with Crippen molar-refractivity contribution in [1.29, 1.82) is 0 Å². The third-order valence-corrected chi connectivity index (χ3v) is 4.19. The SMILES string of the molecule is Cc1ncsc1CCOc1nnc(C)c(C)c1/C(N)=N/O. The summed E-state index contributed by atoms with van der Waals surface area (Å²) < 4.78 is 5.66. The molecule has 2 rings (SSSR count). The van der Waals surface area contributed by atoms with Gasteiger partial charge in [0.15, 0.2) is 5.84 Å². The Balaban J connectivity index is 2.16. The van der Waals surface area contributed by atoms with Crippen LogP contribution in [0.3, 0.4) is 0 Å². The molecule has 0 spiro atoms. The summed E-state index contributed by atoms with van der Waals surface area (Å²) in [6.45, 7) is 6.02. The Labute approximate surface area is 126 Å². The number of ether oxygens (including phenoxy) is 1. The summed E-state index contributed by atoms with van der Waals surface area (Å²) in [4.78, 5) is 5.35. The number of hydrogen-bond donors (Lipinski definition) is 2. The molecular weight excluding hydrogens is 290 g/mol. The van der Waals surface area contributed by atoms with Gasteiger partial charge in [0.2, 0.25) is 5.88 Å². The van der Waals surface area contributed by atoms with Crippen molar-refractivity contribution in [1.82, 2.24) is 15.2 Å². The highest BCUT2D eigenvalue weighted by molar-refractivity contribution is 7.09. The molecule has 0 aromatic carbocycles. The molecule has 112 valence electrons. The predicted molar refractivity (Wildman–Crippen MR) is 80.1 cm³/mol. The highest BCUT2D eigenvalue weighted by atomic mass is 32.1. The molecule has 2 heterocycles. The summed E-state index contributed by atoms with van der Waals surface area (Å²) in [6, 6.07) is 0. The van der Waals surface area contributed by atoms with Gasteiger partial charge in [-0.2, -0.15) is 5.10 Å². The maximum absolute atomic E-state index is 8.89. The van der Waals surface area contributed by atoms with E-state index < -0.39 is 0 Å². The van der Waals surface area contributed by atoms with Crippen LogP contribution in [0.5, 0.6) is 5.88 Å². The molecule has 0 saturated heterocycles. The number of nitrogens with two attached hydrogens (primary N) is 1. The fourth-order valence-corrected chi connectivity index (χ4v) is 2.61. The second-order valence-electron chi connectivity index (χ2n) is 4.54. The van der Waals surface area contributed by atoms with Crippen LogP contribution < -0.4 is 10.5 Å². The van der Waals surface area contributed by atoms with Crippen LogP contribution in [0.4, 0.5) is 0 Å². The molecule has 7 nitrogen and oxygen atoms in total. The lowest BCUT2D eigenvalue weighted by Gasteiger charge is -2.12. The number of thiazole rings is 1. The Bertz CT molecular complexity index is 669. The highest BCUT2D eigenvalue weighted by Crippen LogP contribution is 2.21. The number of amidine groups is 1. The van der Waals surface area contributed by atoms with Crippen molar-refractivity contribution >= 4 is 17.2 Å². The van der Waals surface area contributed by atoms with Crippen molar-refractivity contribution in [2.45, 2.75) is 27.2 Å². The first-order valence-electron chi connectivity index (χ1n) is 6.38. The molecule has 2 aromatic rings. The summed E-state index contributed by atoms with van der Waals surface area (Å²) in [7, 11) is 0. The molecule has 0 radical (unpaired) electrons. The minimum atomic E-state index is -0.0329. The molecular formula is C13H17N5O2S. The number of hydrogen-bond acceptors (Lipinski definition) is 7. The van der Waals surface area contributed by atoms with Crippen LogP contribution in [0, 0.1) is 20.8 Å². The summed E-state index contributed by atoms with van der Waals surface area (Å²) in [5.74, 6) is 0.241. The van der Waals surface area contributed by atoms with Gasteiger partial charge in [-0.1, -0.05) is 5.16 Å². The van der Waals surface area contributed by atoms with E-state index in [9.17, 15) is 0 Å². The van der Waals surface area contributed by atoms with Gasteiger partial charge in [-0.05, 0) is 26.3 Å². The number of aryl methyl sites for hydroxylation is 2. The van der Waals surface area contributed by atoms with E-state index in [0.717, 1.165) is 22.6 Å². The van der Waals surface area contributed by atoms with Crippen LogP contribution >= 0.6 is 11.3 Å². The van der Waals surface area contributed by atoms with E-state index in [-0.39, 0.29) is 11.7 Å². The van der Waals surface area contributed by atoms with Crippen LogP contribution in [-0.4, -0.2) is 32.8 Å². The summed E-state index contributed by atoms with van der Waals surface area (Å²) in [5.41, 5.74) is 10.5. The summed E-state index contributed by atoms with van der Waals surface area (Å²) in [6.07, 6.45) is 0.723. The molecule has 0 aliphatic carbocycles. The van der Waals surface area contributed by atoms with Gasteiger partial charge < -0.3 is 15.7 Å². The average Bonchev–Trinajstić information content (AvgIpc) is 2.88. The lowest BCUT2D eigenvalue weighted by Crippen LogP contribution is -2.19. The van der Waals surface area contributed by atoms with E-state index in [2.05, 4.69) is 20.3 Å². The van der Waals surface area contributed by atoms with E-state index in [4.69, 9.17) is 15.7 Å². The molecule has 0 atom stereocenters. The fraction of sp³-hybridized carbons (Fsp3) is 0.385. The first-order chi connectivity index (χ1) is 10.0. The third-order valence-electron chi connectivity index (χ3n) is 3.20. The van der Waals surface area contributed by atoms with E-state index >= 15 is 0 Å². The van der Waals surface area contributed by atoms with Gasteiger partial charge in [0.05, 0.1) is 29.1 Å². The van der Waals surface area contributed by atoms with Crippen LogP contribution in [0.15, 0.2) is 10.7 Å². The van der Waals surface area contributed by atoms with Crippen molar-refractivity contribution in [3.8, 4) is 5.88 Å². The van der Waals surface area contributed by atoms with E-state index in [1.165, 1.54) is 0 Å². The second kappa shape index (κ2) is 6.49. The first kappa shape index (κ1) is 15.2. The zero-order valence-corrected chi connectivity index (χ0v) is 12.9. The molecule has 21 heavy (non-hydrogen) atoms. The largest absolute Gasteiger partial charge is 0.476 e. The smallest absolute Gasteiger partial charge is 0.244 e. The molecule has 3 N–H and O–H groups in total. The van der Waals surface area contributed by atoms with Gasteiger partial charge in [-0.25, -0.2) is 4.98 Å². The topological polar surface area (TPSA) is 107 Å². The van der Waals surface area contributed by atoms with Gasteiger partial charge in [0.1, 0.15) is 0 Å². The minimum Gasteiger partial charge on any atom is -0.476 e. The Kier molecular flexibility index (Phi) is 4.69. The van der Waals surface area contributed by atoms with Gasteiger partial charge in [-0.3, -0.25) is 0 Å². The molecule has 0 unspecified atom stereocenters. The lowest BCUT2D eigenvalue weighted by molar-refractivity contribution is 0.302. The summed E-state index contributed by atoms with van der Waals surface area (Å²) >= 11 is 1.59. The highest BCUT2D eigenvalue weighted by Gasteiger charge is 2.16. The van der Waals surface area contributed by atoms with Crippen molar-refractivity contribution in [3.63, 3.8) is 0 Å². The monoisotopic (exact) mass is 307 g/mol. The molecule has 2 aromatic heterocycles. The summed E-state index contributed by atoms with van der Waals surface area (Å²) in [5, 5.41) is 19.9. The molecule has 0 saturated carbocycles. The van der Waals surface area contributed by atoms with Crippen LogP contribution in [-0.2, 0) is 6.42 Å². The van der Waals surface area contributed by atoms with Gasteiger partial charge in [0, 0.05) is 11.3 Å².